The highest BCUT2D eigenvalue weighted by Gasteiger charge is 2.27. The first kappa shape index (κ1) is 19.4. The fourth-order valence-corrected chi connectivity index (χ4v) is 4.25. The zero-order chi connectivity index (χ0) is 20.5. The molecule has 0 bridgehead atoms. The van der Waals surface area contributed by atoms with E-state index in [1.807, 2.05) is 12.1 Å². The molecule has 4 rings (SSSR count). The number of piperidine rings is 1. The van der Waals surface area contributed by atoms with Crippen LogP contribution in [0.1, 0.15) is 36.8 Å². The van der Waals surface area contributed by atoms with Gasteiger partial charge in [-0.25, -0.2) is 13.6 Å². The van der Waals surface area contributed by atoms with E-state index in [9.17, 15) is 18.4 Å². The van der Waals surface area contributed by atoms with Crippen LogP contribution in [0.2, 0.25) is 0 Å². The Balaban J connectivity index is 1.45. The van der Waals surface area contributed by atoms with Crippen LogP contribution in [0.4, 0.5) is 25.0 Å². The summed E-state index contributed by atoms with van der Waals surface area (Å²) >= 11 is 0. The number of anilines is 2. The number of rotatable bonds is 2. The van der Waals surface area contributed by atoms with E-state index in [0.717, 1.165) is 36.2 Å². The molecule has 5 nitrogen and oxygen atoms in total. The monoisotopic (exact) mass is 399 g/mol. The molecule has 0 radical (unpaired) electrons. The van der Waals surface area contributed by atoms with Crippen LogP contribution in [0.25, 0.3) is 0 Å². The maximum atomic E-state index is 14.1. The maximum absolute atomic E-state index is 14.1. The van der Waals surface area contributed by atoms with Crippen molar-refractivity contribution >= 4 is 23.3 Å². The largest absolute Gasteiger partial charge is 0.324 e. The number of amides is 3. The number of carbonyl (C=O) groups excluding carboxylic acids is 2. The first-order valence-electron chi connectivity index (χ1n) is 9.84. The minimum Gasteiger partial charge on any atom is -0.324 e. The van der Waals surface area contributed by atoms with E-state index in [4.69, 9.17) is 0 Å². The van der Waals surface area contributed by atoms with E-state index in [0.29, 0.717) is 37.3 Å². The molecule has 1 fully saturated rings. The molecule has 2 aromatic rings. The molecule has 7 heteroatoms. The number of carbonyl (C=O) groups is 2. The molecule has 2 aromatic carbocycles. The summed E-state index contributed by atoms with van der Waals surface area (Å²) in [4.78, 5) is 27.8. The molecule has 0 aliphatic carbocycles. The van der Waals surface area contributed by atoms with Gasteiger partial charge in [0.2, 0.25) is 5.91 Å². The van der Waals surface area contributed by atoms with Gasteiger partial charge in [0.15, 0.2) is 0 Å². The molecule has 3 amide bonds. The zero-order valence-corrected chi connectivity index (χ0v) is 16.3. The first-order chi connectivity index (χ1) is 13.9. The van der Waals surface area contributed by atoms with Crippen LogP contribution in [0.15, 0.2) is 36.4 Å². The van der Waals surface area contributed by atoms with Crippen LogP contribution in [0.3, 0.4) is 0 Å². The Kier molecular flexibility index (Phi) is 5.22. The lowest BCUT2D eigenvalue weighted by Crippen LogP contribution is -2.41. The van der Waals surface area contributed by atoms with Crippen LogP contribution in [-0.2, 0) is 11.2 Å². The van der Waals surface area contributed by atoms with Gasteiger partial charge >= 0.3 is 6.03 Å². The van der Waals surface area contributed by atoms with Gasteiger partial charge in [0.1, 0.15) is 11.6 Å². The van der Waals surface area contributed by atoms with Gasteiger partial charge in [-0.1, -0.05) is 0 Å². The van der Waals surface area contributed by atoms with Crippen molar-refractivity contribution in [3.63, 3.8) is 0 Å². The Morgan fingerprint density at radius 1 is 1.10 bits per heavy atom. The van der Waals surface area contributed by atoms with Crippen LogP contribution in [-0.4, -0.2) is 36.5 Å². The lowest BCUT2D eigenvalue weighted by molar-refractivity contribution is -0.116. The molecule has 2 heterocycles. The Labute approximate surface area is 168 Å². The number of fused-ring (bicyclic) bond motifs is 1. The summed E-state index contributed by atoms with van der Waals surface area (Å²) in [5, 5.41) is 2.90. The minimum absolute atomic E-state index is 0.00414. The van der Waals surface area contributed by atoms with E-state index in [2.05, 4.69) is 5.32 Å². The average molecular weight is 399 g/mol. The van der Waals surface area contributed by atoms with Gasteiger partial charge in [0.25, 0.3) is 0 Å². The summed E-state index contributed by atoms with van der Waals surface area (Å²) in [5.74, 6) is -1.13. The van der Waals surface area contributed by atoms with Crippen molar-refractivity contribution in [3.05, 3.63) is 59.2 Å². The van der Waals surface area contributed by atoms with Crippen molar-refractivity contribution in [3.8, 4) is 0 Å². The fourth-order valence-electron chi connectivity index (χ4n) is 4.25. The van der Waals surface area contributed by atoms with Gasteiger partial charge in [0, 0.05) is 43.9 Å². The Morgan fingerprint density at radius 2 is 1.93 bits per heavy atom. The highest BCUT2D eigenvalue weighted by atomic mass is 19.1. The molecule has 0 spiro atoms. The maximum Gasteiger partial charge on any atom is 0.321 e. The summed E-state index contributed by atoms with van der Waals surface area (Å²) in [6.07, 6.45) is 2.19. The summed E-state index contributed by atoms with van der Waals surface area (Å²) in [5.41, 5.74) is 2.90. The van der Waals surface area contributed by atoms with Gasteiger partial charge in [-0.2, -0.15) is 0 Å². The Morgan fingerprint density at radius 3 is 2.72 bits per heavy atom. The van der Waals surface area contributed by atoms with Gasteiger partial charge < -0.3 is 15.1 Å². The summed E-state index contributed by atoms with van der Waals surface area (Å²) in [6.45, 7) is 3.10. The lowest BCUT2D eigenvalue weighted by Gasteiger charge is -2.33. The Bertz CT molecular complexity index is 963. The van der Waals surface area contributed by atoms with Gasteiger partial charge in [-0.05, 0) is 66.8 Å². The molecule has 0 aromatic heterocycles. The first-order valence-corrected chi connectivity index (χ1v) is 9.84. The third kappa shape index (κ3) is 3.95. The highest BCUT2D eigenvalue weighted by molar-refractivity contribution is 5.95. The van der Waals surface area contributed by atoms with Gasteiger partial charge in [-0.15, -0.1) is 0 Å². The second-order valence-corrected chi connectivity index (χ2v) is 7.65. The second-order valence-electron chi connectivity index (χ2n) is 7.65. The molecule has 2 aliphatic heterocycles. The molecule has 29 heavy (non-hydrogen) atoms. The third-order valence-electron chi connectivity index (χ3n) is 5.71. The van der Waals surface area contributed by atoms with Crippen LogP contribution in [0.5, 0.6) is 0 Å². The van der Waals surface area contributed by atoms with Crippen molar-refractivity contribution in [1.82, 2.24) is 4.90 Å². The molecule has 152 valence electrons. The fraction of sp³-hybridized carbons (Fsp3) is 0.364. The van der Waals surface area contributed by atoms with E-state index >= 15 is 0 Å². The van der Waals surface area contributed by atoms with E-state index in [1.165, 1.54) is 6.07 Å². The average Bonchev–Trinajstić information content (AvgIpc) is 3.13. The molecule has 1 atom stereocenters. The van der Waals surface area contributed by atoms with Gasteiger partial charge in [0.05, 0.1) is 0 Å². The smallest absolute Gasteiger partial charge is 0.321 e. The molecular weight excluding hydrogens is 376 g/mol. The zero-order valence-electron chi connectivity index (χ0n) is 16.3. The van der Waals surface area contributed by atoms with E-state index in [1.54, 1.807) is 22.8 Å². The number of benzene rings is 2. The highest BCUT2D eigenvalue weighted by Crippen LogP contribution is 2.32. The number of likely N-dealkylation sites (tertiary alicyclic amines) is 1. The number of hydrogen-bond acceptors (Lipinski definition) is 2. The number of urea groups is 1. The Hall–Kier alpha value is -2.96. The van der Waals surface area contributed by atoms with E-state index in [-0.39, 0.29) is 17.9 Å². The van der Waals surface area contributed by atoms with Crippen molar-refractivity contribution in [1.29, 1.82) is 0 Å². The van der Waals surface area contributed by atoms with Gasteiger partial charge in [-0.3, -0.25) is 4.79 Å². The van der Waals surface area contributed by atoms with Crippen LogP contribution < -0.4 is 10.2 Å². The molecule has 0 saturated carbocycles. The van der Waals surface area contributed by atoms with E-state index < -0.39 is 11.6 Å². The number of nitrogens with zero attached hydrogens (tertiary/aromatic N) is 2. The quantitative estimate of drug-likeness (QED) is 0.819. The molecule has 2 aliphatic rings. The second kappa shape index (κ2) is 7.81. The third-order valence-corrected chi connectivity index (χ3v) is 5.71. The number of hydrogen-bond donors (Lipinski definition) is 1. The number of nitrogens with one attached hydrogen (secondary N) is 1. The normalized spacial score (nSPS) is 18.5. The SMILES string of the molecule is CC(=O)N1CCc2cc(NC(=O)N3CCC[C@@H](c4cc(F)ccc4F)C3)ccc21. The van der Waals surface area contributed by atoms with Crippen LogP contribution in [0, 0.1) is 11.6 Å². The van der Waals surface area contributed by atoms with Crippen LogP contribution >= 0.6 is 0 Å². The predicted molar refractivity (Wildman–Crippen MR) is 107 cm³/mol. The minimum atomic E-state index is -0.472. The van der Waals surface area contributed by atoms with Crippen molar-refractivity contribution < 1.29 is 18.4 Å². The number of halogens is 2. The predicted octanol–water partition coefficient (Wildman–Crippen LogP) is 4.29. The van der Waals surface area contributed by atoms with Crippen molar-refractivity contribution in [2.24, 2.45) is 0 Å². The molecular formula is C22H23F2N3O2. The standard InChI is InChI=1S/C22H23F2N3O2/c1-14(28)27-10-8-15-11-18(5-7-21(15)27)25-22(29)26-9-2-3-16(13-26)19-12-17(23)4-6-20(19)24/h4-7,11-12,16H,2-3,8-10,13H2,1H3,(H,25,29)/t16-/m1/s1. The molecule has 0 unspecified atom stereocenters. The van der Waals surface area contributed by atoms with Crippen molar-refractivity contribution in [2.45, 2.75) is 32.1 Å². The van der Waals surface area contributed by atoms with Crippen molar-refractivity contribution in [2.75, 3.05) is 29.9 Å². The molecule has 1 saturated heterocycles. The summed E-state index contributed by atoms with van der Waals surface area (Å²) in [6, 6.07) is 8.73. The summed E-state index contributed by atoms with van der Waals surface area (Å²) in [7, 11) is 0. The topological polar surface area (TPSA) is 52.7 Å². The summed E-state index contributed by atoms with van der Waals surface area (Å²) < 4.78 is 27.7. The molecule has 1 N–H and O–H groups in total. The lowest BCUT2D eigenvalue weighted by atomic mass is 9.90.